The van der Waals surface area contributed by atoms with E-state index in [1.165, 1.54) is 12.1 Å². The van der Waals surface area contributed by atoms with Crippen LogP contribution < -0.4 is 10.2 Å². The predicted molar refractivity (Wildman–Crippen MR) is 80.3 cm³/mol. The summed E-state index contributed by atoms with van der Waals surface area (Å²) in [5.41, 5.74) is 2.74. The van der Waals surface area contributed by atoms with Crippen molar-refractivity contribution < 1.29 is 13.0 Å². The second-order valence-corrected chi connectivity index (χ2v) is 5.99. The Hall–Kier alpha value is -2.05. The molecule has 0 aliphatic carbocycles. The van der Waals surface area contributed by atoms with Gasteiger partial charge in [-0.05, 0) is 48.5 Å². The molecular formula is C14H16N2O3S. The van der Waals surface area contributed by atoms with E-state index in [1.54, 1.807) is 12.1 Å². The summed E-state index contributed by atoms with van der Waals surface area (Å²) in [4.78, 5) is 1.89. The maximum Gasteiger partial charge on any atom is 0.294 e. The van der Waals surface area contributed by atoms with Gasteiger partial charge in [0, 0.05) is 31.2 Å². The van der Waals surface area contributed by atoms with Gasteiger partial charge in [-0.15, -0.1) is 0 Å². The monoisotopic (exact) mass is 292 g/mol. The maximum absolute atomic E-state index is 10.9. The molecule has 0 bridgehead atoms. The van der Waals surface area contributed by atoms with Crippen LogP contribution in [-0.4, -0.2) is 27.1 Å². The molecule has 2 aromatic carbocycles. The molecule has 2 N–H and O–H groups in total. The van der Waals surface area contributed by atoms with Crippen LogP contribution in [-0.2, 0) is 10.1 Å². The highest BCUT2D eigenvalue weighted by Crippen LogP contribution is 2.21. The Labute approximate surface area is 118 Å². The molecule has 20 heavy (non-hydrogen) atoms. The molecule has 0 unspecified atom stereocenters. The van der Waals surface area contributed by atoms with Gasteiger partial charge in [-0.2, -0.15) is 8.42 Å². The zero-order chi connectivity index (χ0) is 14.8. The van der Waals surface area contributed by atoms with Crippen molar-refractivity contribution in [2.45, 2.75) is 4.90 Å². The molecule has 0 aromatic heterocycles. The van der Waals surface area contributed by atoms with Gasteiger partial charge in [-0.3, -0.25) is 4.55 Å². The summed E-state index contributed by atoms with van der Waals surface area (Å²) >= 11 is 0. The largest absolute Gasteiger partial charge is 0.378 e. The second kappa shape index (κ2) is 5.52. The first kappa shape index (κ1) is 14.4. The van der Waals surface area contributed by atoms with Crippen LogP contribution in [0.4, 0.5) is 17.1 Å². The van der Waals surface area contributed by atoms with E-state index in [0.29, 0.717) is 0 Å². The molecule has 0 fully saturated rings. The fourth-order valence-corrected chi connectivity index (χ4v) is 2.20. The van der Waals surface area contributed by atoms with Gasteiger partial charge in [0.15, 0.2) is 0 Å². The minimum absolute atomic E-state index is 0.119. The van der Waals surface area contributed by atoms with E-state index in [0.717, 1.165) is 17.1 Å². The van der Waals surface area contributed by atoms with Crippen molar-refractivity contribution >= 4 is 27.2 Å². The van der Waals surface area contributed by atoms with Gasteiger partial charge in [0.05, 0.1) is 4.90 Å². The van der Waals surface area contributed by atoms with Gasteiger partial charge in [-0.1, -0.05) is 0 Å². The molecule has 0 atom stereocenters. The molecule has 0 saturated carbocycles. The van der Waals surface area contributed by atoms with Crippen molar-refractivity contribution in [2.75, 3.05) is 24.3 Å². The summed E-state index contributed by atoms with van der Waals surface area (Å²) in [6, 6.07) is 13.7. The normalized spacial score (nSPS) is 11.2. The maximum atomic E-state index is 10.9. The first-order chi connectivity index (χ1) is 9.36. The van der Waals surface area contributed by atoms with Crippen LogP contribution in [0.5, 0.6) is 0 Å². The molecule has 0 aliphatic heterocycles. The molecule has 0 spiro atoms. The van der Waals surface area contributed by atoms with E-state index in [9.17, 15) is 8.42 Å². The van der Waals surface area contributed by atoms with Gasteiger partial charge in [0.25, 0.3) is 10.1 Å². The molecule has 106 valence electrons. The smallest absolute Gasteiger partial charge is 0.294 e. The zero-order valence-electron chi connectivity index (χ0n) is 11.2. The minimum Gasteiger partial charge on any atom is -0.378 e. The van der Waals surface area contributed by atoms with Gasteiger partial charge < -0.3 is 10.2 Å². The number of anilines is 3. The van der Waals surface area contributed by atoms with Crippen LogP contribution in [0.2, 0.25) is 0 Å². The van der Waals surface area contributed by atoms with Crippen LogP contribution in [0.3, 0.4) is 0 Å². The van der Waals surface area contributed by atoms with E-state index in [-0.39, 0.29) is 4.90 Å². The summed E-state index contributed by atoms with van der Waals surface area (Å²) < 4.78 is 30.8. The van der Waals surface area contributed by atoms with Crippen LogP contribution in [0.1, 0.15) is 0 Å². The number of rotatable bonds is 4. The summed E-state index contributed by atoms with van der Waals surface area (Å²) in [6.07, 6.45) is 0. The summed E-state index contributed by atoms with van der Waals surface area (Å²) in [7, 11) is -0.203. The third kappa shape index (κ3) is 3.49. The number of benzene rings is 2. The Morgan fingerprint density at radius 1 is 0.900 bits per heavy atom. The van der Waals surface area contributed by atoms with Crippen molar-refractivity contribution in [3.05, 3.63) is 48.5 Å². The second-order valence-electron chi connectivity index (χ2n) is 4.57. The van der Waals surface area contributed by atoms with Crippen LogP contribution in [0.15, 0.2) is 53.4 Å². The number of hydrogen-bond donors (Lipinski definition) is 2. The molecule has 2 aromatic rings. The summed E-state index contributed by atoms with van der Waals surface area (Å²) in [5.74, 6) is 0. The molecular weight excluding hydrogens is 276 g/mol. The summed E-state index contributed by atoms with van der Waals surface area (Å²) in [5, 5.41) is 3.15. The highest BCUT2D eigenvalue weighted by atomic mass is 32.2. The average molecular weight is 292 g/mol. The van der Waals surface area contributed by atoms with E-state index in [1.807, 2.05) is 43.3 Å². The number of nitrogens with one attached hydrogen (secondary N) is 1. The van der Waals surface area contributed by atoms with E-state index >= 15 is 0 Å². The Morgan fingerprint density at radius 3 is 1.75 bits per heavy atom. The summed E-state index contributed by atoms with van der Waals surface area (Å²) in [6.45, 7) is 0. The third-order valence-corrected chi connectivity index (χ3v) is 3.69. The lowest BCUT2D eigenvalue weighted by Crippen LogP contribution is -2.08. The van der Waals surface area contributed by atoms with Crippen molar-refractivity contribution in [3.63, 3.8) is 0 Å². The van der Waals surface area contributed by atoms with Crippen molar-refractivity contribution in [2.24, 2.45) is 0 Å². The van der Waals surface area contributed by atoms with E-state index in [4.69, 9.17) is 4.55 Å². The molecule has 5 nitrogen and oxygen atoms in total. The molecule has 0 heterocycles. The predicted octanol–water partition coefficient (Wildman–Crippen LogP) is 2.74. The molecule has 0 saturated heterocycles. The van der Waals surface area contributed by atoms with Crippen molar-refractivity contribution in [3.8, 4) is 0 Å². The minimum atomic E-state index is -4.14. The van der Waals surface area contributed by atoms with Crippen LogP contribution in [0, 0.1) is 0 Å². The first-order valence-corrected chi connectivity index (χ1v) is 7.42. The van der Waals surface area contributed by atoms with Crippen molar-refractivity contribution in [1.82, 2.24) is 0 Å². The van der Waals surface area contributed by atoms with E-state index in [2.05, 4.69) is 5.32 Å². The molecule has 0 radical (unpaired) electrons. The lowest BCUT2D eigenvalue weighted by molar-refractivity contribution is 0.483. The lowest BCUT2D eigenvalue weighted by Gasteiger charge is -2.13. The van der Waals surface area contributed by atoms with Crippen LogP contribution >= 0.6 is 0 Å². The molecule has 6 heteroatoms. The quantitative estimate of drug-likeness (QED) is 0.848. The Bertz CT molecular complexity index is 677. The van der Waals surface area contributed by atoms with Crippen molar-refractivity contribution in [1.29, 1.82) is 0 Å². The van der Waals surface area contributed by atoms with E-state index < -0.39 is 10.1 Å². The molecule has 0 amide bonds. The zero-order valence-corrected chi connectivity index (χ0v) is 12.1. The third-order valence-electron chi connectivity index (χ3n) is 2.82. The Morgan fingerprint density at radius 2 is 1.35 bits per heavy atom. The molecule has 2 rings (SSSR count). The number of nitrogens with zero attached hydrogens (tertiary/aromatic N) is 1. The highest BCUT2D eigenvalue weighted by molar-refractivity contribution is 7.85. The Kier molecular flexibility index (Phi) is 3.96. The Balaban J connectivity index is 2.14. The van der Waals surface area contributed by atoms with Gasteiger partial charge in [0.2, 0.25) is 0 Å². The highest BCUT2D eigenvalue weighted by Gasteiger charge is 2.08. The fourth-order valence-electron chi connectivity index (χ4n) is 1.72. The van der Waals surface area contributed by atoms with Gasteiger partial charge in [0.1, 0.15) is 0 Å². The lowest BCUT2D eigenvalue weighted by atomic mass is 10.2. The van der Waals surface area contributed by atoms with Gasteiger partial charge >= 0.3 is 0 Å². The number of hydrogen-bond acceptors (Lipinski definition) is 4. The topological polar surface area (TPSA) is 69.6 Å². The standard InChI is InChI=1S/C14H16N2O3S/c1-16(2)13-7-3-11(4-8-13)15-12-5-9-14(10-6-12)20(17,18)19/h3-10,15H,1-2H3,(H,17,18,19). The SMILES string of the molecule is CN(C)c1ccc(Nc2ccc(S(=O)(=O)O)cc2)cc1. The van der Waals surface area contributed by atoms with Crippen LogP contribution in [0.25, 0.3) is 0 Å². The van der Waals surface area contributed by atoms with Gasteiger partial charge in [-0.25, -0.2) is 0 Å². The average Bonchev–Trinajstić information content (AvgIpc) is 2.39. The first-order valence-electron chi connectivity index (χ1n) is 5.98. The fraction of sp³-hybridized carbons (Fsp3) is 0.143. The molecule has 0 aliphatic rings.